The van der Waals surface area contributed by atoms with Gasteiger partial charge in [0, 0.05) is 15.7 Å². The minimum Gasteiger partial charge on any atom is -0.325 e. The molecule has 0 saturated carbocycles. The first-order valence-corrected chi connectivity index (χ1v) is 11.9. The number of carbonyl (C=O) groups excluding carboxylic acids is 1. The molecule has 1 N–H and O–H groups in total. The van der Waals surface area contributed by atoms with Gasteiger partial charge in [-0.25, -0.2) is 4.98 Å². The van der Waals surface area contributed by atoms with E-state index in [2.05, 4.69) is 10.3 Å². The van der Waals surface area contributed by atoms with Crippen LogP contribution < -0.4 is 10.9 Å². The van der Waals surface area contributed by atoms with Crippen molar-refractivity contribution in [2.24, 2.45) is 0 Å². The molecule has 0 unspecified atom stereocenters. The van der Waals surface area contributed by atoms with Gasteiger partial charge in [0.1, 0.15) is 4.70 Å². The summed E-state index contributed by atoms with van der Waals surface area (Å²) in [6.45, 7) is 3.92. The van der Waals surface area contributed by atoms with Crippen molar-refractivity contribution in [3.05, 3.63) is 79.4 Å². The first-order chi connectivity index (χ1) is 14.8. The molecule has 158 valence electrons. The summed E-state index contributed by atoms with van der Waals surface area (Å²) in [7, 11) is 0. The van der Waals surface area contributed by atoms with E-state index in [1.54, 1.807) is 22.8 Å². The van der Waals surface area contributed by atoms with Crippen molar-refractivity contribution in [1.29, 1.82) is 0 Å². The summed E-state index contributed by atoms with van der Waals surface area (Å²) >= 11 is 14.6. The number of thiophene rings is 1. The van der Waals surface area contributed by atoms with Crippen molar-refractivity contribution in [2.45, 2.75) is 19.0 Å². The number of carbonyl (C=O) groups is 1. The maximum atomic E-state index is 13.3. The Kier molecular flexibility index (Phi) is 6.39. The number of fused-ring (bicyclic) bond motifs is 1. The summed E-state index contributed by atoms with van der Waals surface area (Å²) in [4.78, 5) is 30.5. The zero-order chi connectivity index (χ0) is 22.1. The molecule has 31 heavy (non-hydrogen) atoms. The number of benzene rings is 2. The molecule has 5 nitrogen and oxygen atoms in total. The Morgan fingerprint density at radius 1 is 1.13 bits per heavy atom. The third-order valence-electron chi connectivity index (χ3n) is 4.53. The van der Waals surface area contributed by atoms with Crippen LogP contribution in [-0.4, -0.2) is 21.2 Å². The third-order valence-corrected chi connectivity index (χ3v) is 6.80. The lowest BCUT2D eigenvalue weighted by Gasteiger charge is -2.15. The summed E-state index contributed by atoms with van der Waals surface area (Å²) in [6.07, 6.45) is 0. The molecule has 0 fully saturated rings. The van der Waals surface area contributed by atoms with Crippen LogP contribution in [0.1, 0.15) is 11.1 Å². The van der Waals surface area contributed by atoms with Crippen LogP contribution in [0.3, 0.4) is 0 Å². The lowest BCUT2D eigenvalue weighted by atomic mass is 10.1. The van der Waals surface area contributed by atoms with Gasteiger partial charge in [0.25, 0.3) is 5.56 Å². The highest BCUT2D eigenvalue weighted by atomic mass is 35.5. The first-order valence-electron chi connectivity index (χ1n) is 9.28. The molecule has 0 saturated heterocycles. The van der Waals surface area contributed by atoms with Gasteiger partial charge >= 0.3 is 0 Å². The Balaban J connectivity index is 1.67. The van der Waals surface area contributed by atoms with Crippen LogP contribution in [0.4, 0.5) is 5.69 Å². The molecule has 0 atom stereocenters. The van der Waals surface area contributed by atoms with E-state index in [1.807, 2.05) is 43.5 Å². The second kappa shape index (κ2) is 9.04. The molecule has 2 aromatic heterocycles. The van der Waals surface area contributed by atoms with Gasteiger partial charge in [-0.05, 0) is 60.7 Å². The molecule has 4 aromatic rings. The topological polar surface area (TPSA) is 64.0 Å². The van der Waals surface area contributed by atoms with E-state index in [0.29, 0.717) is 31.1 Å². The number of anilines is 1. The molecule has 0 aliphatic carbocycles. The number of aryl methyl sites for hydroxylation is 2. The number of hydrogen-bond donors (Lipinski definition) is 1. The molecule has 4 rings (SSSR count). The van der Waals surface area contributed by atoms with Gasteiger partial charge in [-0.1, -0.05) is 47.1 Å². The summed E-state index contributed by atoms with van der Waals surface area (Å²) in [5.41, 5.74) is 3.74. The SMILES string of the molecule is Cc1ccc(C)c(-n2c(SCC(=O)Nc3cc(Cl)cc(Cl)c3)nc3ccsc3c2=O)c1. The fourth-order valence-electron chi connectivity index (χ4n) is 3.11. The fourth-order valence-corrected chi connectivity index (χ4v) is 5.21. The van der Waals surface area contributed by atoms with E-state index in [4.69, 9.17) is 23.2 Å². The van der Waals surface area contributed by atoms with Crippen LogP contribution in [0.5, 0.6) is 0 Å². The van der Waals surface area contributed by atoms with Crippen molar-refractivity contribution in [3.63, 3.8) is 0 Å². The standard InChI is InChI=1S/C22H17Cl2N3O2S2/c1-12-3-4-13(2)18(7-12)27-21(29)20-17(5-6-30-20)26-22(27)31-11-19(28)25-16-9-14(23)8-15(24)10-16/h3-10H,11H2,1-2H3,(H,25,28). The Morgan fingerprint density at radius 2 is 1.87 bits per heavy atom. The monoisotopic (exact) mass is 489 g/mol. The average molecular weight is 490 g/mol. The molecule has 0 aliphatic rings. The number of amides is 1. The van der Waals surface area contributed by atoms with Gasteiger partial charge in [0.2, 0.25) is 5.91 Å². The van der Waals surface area contributed by atoms with E-state index in [-0.39, 0.29) is 17.2 Å². The summed E-state index contributed by atoms with van der Waals surface area (Å²) in [5, 5.41) is 5.95. The highest BCUT2D eigenvalue weighted by Gasteiger charge is 2.17. The van der Waals surface area contributed by atoms with Crippen molar-refractivity contribution in [2.75, 3.05) is 11.1 Å². The van der Waals surface area contributed by atoms with Crippen molar-refractivity contribution < 1.29 is 4.79 Å². The smallest absolute Gasteiger partial charge is 0.276 e. The van der Waals surface area contributed by atoms with Crippen molar-refractivity contribution in [1.82, 2.24) is 9.55 Å². The first kappa shape index (κ1) is 21.9. The predicted octanol–water partition coefficient (Wildman–Crippen LogP) is 6.10. The third kappa shape index (κ3) is 4.80. The molecule has 0 aliphatic heterocycles. The van der Waals surface area contributed by atoms with E-state index in [9.17, 15) is 9.59 Å². The summed E-state index contributed by atoms with van der Waals surface area (Å²) in [5.74, 6) is -0.188. The van der Waals surface area contributed by atoms with Gasteiger partial charge in [-0.2, -0.15) is 0 Å². The lowest BCUT2D eigenvalue weighted by Crippen LogP contribution is -2.23. The zero-order valence-electron chi connectivity index (χ0n) is 16.6. The molecule has 1 amide bonds. The van der Waals surface area contributed by atoms with Gasteiger partial charge in [-0.3, -0.25) is 14.2 Å². The van der Waals surface area contributed by atoms with Crippen LogP contribution in [0.2, 0.25) is 10.0 Å². The Bertz CT molecular complexity index is 1340. The lowest BCUT2D eigenvalue weighted by molar-refractivity contribution is -0.113. The van der Waals surface area contributed by atoms with Gasteiger partial charge in [-0.15, -0.1) is 11.3 Å². The maximum absolute atomic E-state index is 13.3. The van der Waals surface area contributed by atoms with Crippen LogP contribution in [0.25, 0.3) is 15.9 Å². The number of rotatable bonds is 5. The second-order valence-corrected chi connectivity index (χ2v) is 9.69. The number of hydrogen-bond acceptors (Lipinski definition) is 5. The number of aromatic nitrogens is 2. The Morgan fingerprint density at radius 3 is 2.61 bits per heavy atom. The van der Waals surface area contributed by atoms with E-state index < -0.39 is 0 Å². The van der Waals surface area contributed by atoms with Gasteiger partial charge in [0.05, 0.1) is 17.0 Å². The van der Waals surface area contributed by atoms with Crippen LogP contribution in [-0.2, 0) is 4.79 Å². The molecule has 0 bridgehead atoms. The molecule has 0 radical (unpaired) electrons. The molecule has 9 heteroatoms. The number of halogens is 2. The summed E-state index contributed by atoms with van der Waals surface area (Å²) < 4.78 is 2.18. The van der Waals surface area contributed by atoms with Crippen LogP contribution >= 0.6 is 46.3 Å². The minimum atomic E-state index is -0.254. The van der Waals surface area contributed by atoms with Crippen LogP contribution in [0.15, 0.2) is 57.8 Å². The van der Waals surface area contributed by atoms with Crippen molar-refractivity contribution >= 4 is 68.1 Å². The van der Waals surface area contributed by atoms with Crippen LogP contribution in [0, 0.1) is 13.8 Å². The Hall–Kier alpha value is -2.32. The Labute approximate surface area is 197 Å². The molecular weight excluding hydrogens is 473 g/mol. The maximum Gasteiger partial charge on any atom is 0.276 e. The normalized spacial score (nSPS) is 11.1. The minimum absolute atomic E-state index is 0.0665. The molecule has 2 heterocycles. The largest absolute Gasteiger partial charge is 0.325 e. The quantitative estimate of drug-likeness (QED) is 0.271. The molecule has 2 aromatic carbocycles. The van der Waals surface area contributed by atoms with E-state index in [1.165, 1.54) is 23.1 Å². The number of nitrogens with one attached hydrogen (secondary N) is 1. The average Bonchev–Trinajstić information content (AvgIpc) is 3.17. The highest BCUT2D eigenvalue weighted by Crippen LogP contribution is 2.26. The highest BCUT2D eigenvalue weighted by molar-refractivity contribution is 7.99. The number of thioether (sulfide) groups is 1. The second-order valence-electron chi connectivity index (χ2n) is 6.95. The van der Waals surface area contributed by atoms with Gasteiger partial charge in [0.15, 0.2) is 5.16 Å². The fraction of sp³-hybridized carbons (Fsp3) is 0.136. The van der Waals surface area contributed by atoms with E-state index in [0.717, 1.165) is 16.8 Å². The van der Waals surface area contributed by atoms with Gasteiger partial charge < -0.3 is 5.32 Å². The number of nitrogens with zero attached hydrogens (tertiary/aromatic N) is 2. The molecule has 0 spiro atoms. The molecular formula is C22H17Cl2N3O2S2. The zero-order valence-corrected chi connectivity index (χ0v) is 19.8. The summed E-state index contributed by atoms with van der Waals surface area (Å²) in [6, 6.07) is 12.6. The van der Waals surface area contributed by atoms with Crippen molar-refractivity contribution in [3.8, 4) is 5.69 Å². The predicted molar refractivity (Wildman–Crippen MR) is 131 cm³/mol. The van der Waals surface area contributed by atoms with E-state index >= 15 is 0 Å².